The molecule has 0 bridgehead atoms. The minimum Gasteiger partial charge on any atom is -0.314 e. The molecule has 2 rings (SSSR count). The molecule has 0 aliphatic carbocycles. The van der Waals surface area contributed by atoms with Gasteiger partial charge in [0.15, 0.2) is 0 Å². The lowest BCUT2D eigenvalue weighted by Gasteiger charge is -1.99. The topological polar surface area (TPSA) is 40.7 Å². The summed E-state index contributed by atoms with van der Waals surface area (Å²) in [6.07, 6.45) is 0. The Bertz CT molecular complexity index is 461. The molecule has 0 aromatic carbocycles. The molecular formula is C10H12BrN3S. The lowest BCUT2D eigenvalue weighted by Crippen LogP contribution is -2.06. The third kappa shape index (κ3) is 2.14. The Morgan fingerprint density at radius 3 is 3.00 bits per heavy atom. The number of aromatic nitrogens is 2. The average Bonchev–Trinajstić information content (AvgIpc) is 2.74. The molecule has 0 fully saturated rings. The minimum atomic E-state index is 0.787. The predicted molar refractivity (Wildman–Crippen MR) is 67.1 cm³/mol. The van der Waals surface area contributed by atoms with Gasteiger partial charge in [-0.15, -0.1) is 11.3 Å². The second-order valence-corrected chi connectivity index (χ2v) is 5.16. The van der Waals surface area contributed by atoms with Gasteiger partial charge < -0.3 is 5.32 Å². The molecule has 2 heterocycles. The second kappa shape index (κ2) is 4.47. The van der Waals surface area contributed by atoms with Gasteiger partial charge in [0.1, 0.15) is 0 Å². The Morgan fingerprint density at radius 2 is 2.40 bits per heavy atom. The molecule has 0 aliphatic heterocycles. The van der Waals surface area contributed by atoms with E-state index in [1.165, 1.54) is 10.4 Å². The van der Waals surface area contributed by atoms with E-state index in [0.29, 0.717) is 0 Å². The lowest BCUT2D eigenvalue weighted by molar-refractivity contribution is 0.785. The van der Waals surface area contributed by atoms with Gasteiger partial charge in [-0.3, -0.25) is 5.10 Å². The van der Waals surface area contributed by atoms with Crippen molar-refractivity contribution in [2.75, 3.05) is 7.05 Å². The zero-order valence-corrected chi connectivity index (χ0v) is 11.0. The van der Waals surface area contributed by atoms with Crippen LogP contribution in [-0.4, -0.2) is 17.2 Å². The molecule has 0 saturated carbocycles. The zero-order chi connectivity index (χ0) is 10.8. The molecule has 3 nitrogen and oxygen atoms in total. The highest BCUT2D eigenvalue weighted by atomic mass is 79.9. The number of hydrogen-bond donors (Lipinski definition) is 2. The smallest absolute Gasteiger partial charge is 0.0849 e. The maximum absolute atomic E-state index is 4.29. The molecule has 15 heavy (non-hydrogen) atoms. The van der Waals surface area contributed by atoms with Gasteiger partial charge >= 0.3 is 0 Å². The summed E-state index contributed by atoms with van der Waals surface area (Å²) in [7, 11) is 1.93. The molecule has 0 aliphatic rings. The van der Waals surface area contributed by atoms with E-state index in [0.717, 1.165) is 22.4 Å². The van der Waals surface area contributed by atoms with Crippen LogP contribution in [0.2, 0.25) is 0 Å². The van der Waals surface area contributed by atoms with E-state index in [-0.39, 0.29) is 0 Å². The van der Waals surface area contributed by atoms with E-state index in [2.05, 4.69) is 49.8 Å². The van der Waals surface area contributed by atoms with E-state index in [1.807, 2.05) is 7.05 Å². The van der Waals surface area contributed by atoms with E-state index >= 15 is 0 Å². The average molecular weight is 286 g/mol. The first-order chi connectivity index (χ1) is 7.22. The van der Waals surface area contributed by atoms with E-state index < -0.39 is 0 Å². The van der Waals surface area contributed by atoms with Crippen LogP contribution in [-0.2, 0) is 6.54 Å². The van der Waals surface area contributed by atoms with Crippen molar-refractivity contribution in [3.8, 4) is 10.4 Å². The van der Waals surface area contributed by atoms with Gasteiger partial charge in [-0.05, 0) is 36.0 Å². The minimum absolute atomic E-state index is 0.787. The molecule has 0 atom stereocenters. The van der Waals surface area contributed by atoms with Crippen LogP contribution in [0.3, 0.4) is 0 Å². The van der Waals surface area contributed by atoms with Crippen molar-refractivity contribution in [3.05, 3.63) is 27.3 Å². The SMILES string of the molecule is CNCc1n[nH]c(C)c1-c1cc(Br)cs1. The molecule has 0 radical (unpaired) electrons. The van der Waals surface area contributed by atoms with Gasteiger partial charge in [0.05, 0.1) is 5.69 Å². The number of aromatic amines is 1. The number of halogens is 1. The standard InChI is InChI=1S/C10H12BrN3S/c1-6-10(8(4-12-2)14-13-6)9-3-7(11)5-15-9/h3,5,12H,4H2,1-2H3,(H,13,14). The summed E-state index contributed by atoms with van der Waals surface area (Å²) in [4.78, 5) is 1.25. The first-order valence-electron chi connectivity index (χ1n) is 4.65. The van der Waals surface area contributed by atoms with Crippen LogP contribution in [0, 0.1) is 6.92 Å². The zero-order valence-electron chi connectivity index (χ0n) is 8.60. The normalized spacial score (nSPS) is 10.9. The molecule has 2 aromatic heterocycles. The Kier molecular flexibility index (Phi) is 3.23. The van der Waals surface area contributed by atoms with Gasteiger partial charge in [0.2, 0.25) is 0 Å². The Morgan fingerprint density at radius 1 is 1.60 bits per heavy atom. The van der Waals surface area contributed by atoms with Crippen LogP contribution in [0.1, 0.15) is 11.4 Å². The van der Waals surface area contributed by atoms with Crippen LogP contribution in [0.4, 0.5) is 0 Å². The monoisotopic (exact) mass is 285 g/mol. The molecular weight excluding hydrogens is 274 g/mol. The summed E-state index contributed by atoms with van der Waals surface area (Å²) >= 11 is 5.20. The molecule has 2 N–H and O–H groups in total. The number of H-pyrrole nitrogens is 1. The van der Waals surface area contributed by atoms with Gasteiger partial charge in [-0.25, -0.2) is 0 Å². The largest absolute Gasteiger partial charge is 0.314 e. The van der Waals surface area contributed by atoms with Crippen LogP contribution in [0.15, 0.2) is 15.9 Å². The van der Waals surface area contributed by atoms with E-state index in [4.69, 9.17) is 0 Å². The number of thiophene rings is 1. The fourth-order valence-electron chi connectivity index (χ4n) is 1.55. The fourth-order valence-corrected chi connectivity index (χ4v) is 3.10. The van der Waals surface area contributed by atoms with Crippen LogP contribution in [0.5, 0.6) is 0 Å². The highest BCUT2D eigenvalue weighted by molar-refractivity contribution is 9.10. The van der Waals surface area contributed by atoms with Crippen molar-refractivity contribution in [2.45, 2.75) is 13.5 Å². The Hall–Kier alpha value is -0.650. The highest BCUT2D eigenvalue weighted by Gasteiger charge is 2.13. The fraction of sp³-hybridized carbons (Fsp3) is 0.300. The number of aryl methyl sites for hydroxylation is 1. The van der Waals surface area contributed by atoms with Crippen molar-refractivity contribution in [3.63, 3.8) is 0 Å². The van der Waals surface area contributed by atoms with Crippen molar-refractivity contribution in [1.29, 1.82) is 0 Å². The number of hydrogen-bond acceptors (Lipinski definition) is 3. The number of rotatable bonds is 3. The van der Waals surface area contributed by atoms with Gasteiger partial charge in [-0.2, -0.15) is 5.10 Å². The summed E-state index contributed by atoms with van der Waals surface area (Å²) in [6.45, 7) is 2.84. The number of nitrogens with zero attached hydrogens (tertiary/aromatic N) is 1. The Balaban J connectivity index is 2.46. The summed E-state index contributed by atoms with van der Waals surface area (Å²) in [5.41, 5.74) is 3.42. The molecule has 5 heteroatoms. The number of nitrogens with one attached hydrogen (secondary N) is 2. The van der Waals surface area contributed by atoms with Crippen LogP contribution >= 0.6 is 27.3 Å². The van der Waals surface area contributed by atoms with Crippen LogP contribution in [0.25, 0.3) is 10.4 Å². The summed E-state index contributed by atoms with van der Waals surface area (Å²) in [6, 6.07) is 2.13. The van der Waals surface area contributed by atoms with E-state index in [9.17, 15) is 0 Å². The molecule has 0 saturated heterocycles. The summed E-state index contributed by atoms with van der Waals surface area (Å²) in [5, 5.41) is 12.5. The molecule has 80 valence electrons. The summed E-state index contributed by atoms with van der Waals surface area (Å²) < 4.78 is 1.12. The first kappa shape index (κ1) is 10.9. The van der Waals surface area contributed by atoms with Crippen LogP contribution < -0.4 is 5.32 Å². The maximum atomic E-state index is 4.29. The maximum Gasteiger partial charge on any atom is 0.0849 e. The highest BCUT2D eigenvalue weighted by Crippen LogP contribution is 2.33. The third-order valence-corrected chi connectivity index (χ3v) is 3.89. The summed E-state index contributed by atoms with van der Waals surface area (Å²) in [5.74, 6) is 0. The predicted octanol–water partition coefficient (Wildman–Crippen LogP) is 2.93. The second-order valence-electron chi connectivity index (χ2n) is 3.33. The molecule has 2 aromatic rings. The van der Waals surface area contributed by atoms with Gasteiger partial charge in [-0.1, -0.05) is 0 Å². The molecule has 0 unspecified atom stereocenters. The lowest BCUT2D eigenvalue weighted by atomic mass is 10.1. The molecule has 0 spiro atoms. The van der Waals surface area contributed by atoms with E-state index in [1.54, 1.807) is 11.3 Å². The van der Waals surface area contributed by atoms with Crippen molar-refractivity contribution in [2.24, 2.45) is 0 Å². The quantitative estimate of drug-likeness (QED) is 0.910. The Labute approximate surface area is 101 Å². The van der Waals surface area contributed by atoms with Crippen molar-refractivity contribution in [1.82, 2.24) is 15.5 Å². The van der Waals surface area contributed by atoms with Crippen molar-refractivity contribution < 1.29 is 0 Å². The molecule has 0 amide bonds. The third-order valence-electron chi connectivity index (χ3n) is 2.18. The first-order valence-corrected chi connectivity index (χ1v) is 6.32. The van der Waals surface area contributed by atoms with Crippen molar-refractivity contribution >= 4 is 27.3 Å². The van der Waals surface area contributed by atoms with Gasteiger partial charge in [0, 0.05) is 32.5 Å². The van der Waals surface area contributed by atoms with Gasteiger partial charge in [0.25, 0.3) is 0 Å².